The van der Waals surface area contributed by atoms with Gasteiger partial charge in [0, 0.05) is 17.1 Å². The number of nitrogens with zero attached hydrogens (tertiary/aromatic N) is 1. The van der Waals surface area contributed by atoms with E-state index >= 15 is 0 Å². The van der Waals surface area contributed by atoms with Crippen LogP contribution in [0.2, 0.25) is 0 Å². The van der Waals surface area contributed by atoms with Crippen LogP contribution < -0.4 is 4.90 Å². The number of rotatable bonds is 6. The van der Waals surface area contributed by atoms with Crippen molar-refractivity contribution in [2.75, 3.05) is 4.90 Å². The molecule has 0 unspecified atom stereocenters. The highest BCUT2D eigenvalue weighted by Crippen LogP contribution is 2.45. The third kappa shape index (κ3) is 5.93. The average Bonchev–Trinajstić information content (AvgIpc) is 3.36. The van der Waals surface area contributed by atoms with Gasteiger partial charge in [0.1, 0.15) is 0 Å². The van der Waals surface area contributed by atoms with Crippen molar-refractivity contribution < 1.29 is 0 Å². The van der Waals surface area contributed by atoms with E-state index in [-0.39, 0.29) is 0 Å². The first kappa shape index (κ1) is 37.7. The highest BCUT2D eigenvalue weighted by molar-refractivity contribution is 6.18. The van der Waals surface area contributed by atoms with Crippen molar-refractivity contribution in [3.05, 3.63) is 235 Å². The number of aryl methyl sites for hydroxylation is 3. The smallest absolute Gasteiger partial charge is 0.0462 e. The van der Waals surface area contributed by atoms with Gasteiger partial charge in [0.25, 0.3) is 0 Å². The van der Waals surface area contributed by atoms with E-state index in [0.717, 1.165) is 17.1 Å². The Morgan fingerprint density at radius 2 is 0.391 bits per heavy atom. The lowest BCUT2D eigenvalue weighted by Crippen LogP contribution is -2.10. The van der Waals surface area contributed by atoms with Gasteiger partial charge >= 0.3 is 0 Å². The highest BCUT2D eigenvalue weighted by Gasteiger charge is 2.19. The minimum Gasteiger partial charge on any atom is -0.311 e. The summed E-state index contributed by atoms with van der Waals surface area (Å²) in [6, 6.07) is 80.6. The monoisotopic (exact) mass is 815 g/mol. The van der Waals surface area contributed by atoms with Gasteiger partial charge in [-0.3, -0.25) is 0 Å². The van der Waals surface area contributed by atoms with Crippen molar-refractivity contribution in [2.45, 2.75) is 20.8 Å². The summed E-state index contributed by atoms with van der Waals surface area (Å²) >= 11 is 0. The SMILES string of the molecule is Cc1c(-c2ccc(N(c3ccc(-c4c(C)c5ccccc5c5ccccc45)cc3)c3ccc(-c4c(C)c5ccccc5c5ccccc45)cc3)cc2)c2ccccc2c2ccccc12. The summed E-state index contributed by atoms with van der Waals surface area (Å²) in [6.45, 7) is 6.82. The molecule has 0 saturated heterocycles. The van der Waals surface area contributed by atoms with Gasteiger partial charge in [-0.1, -0.05) is 182 Å². The fourth-order valence-electron chi connectivity index (χ4n) is 10.8. The average molecular weight is 816 g/mol. The third-order valence-corrected chi connectivity index (χ3v) is 13.8. The lowest BCUT2D eigenvalue weighted by molar-refractivity contribution is 1.28. The molecule has 12 rings (SSSR count). The van der Waals surface area contributed by atoms with Crippen molar-refractivity contribution in [1.29, 1.82) is 0 Å². The van der Waals surface area contributed by atoms with Crippen LogP contribution in [0.15, 0.2) is 218 Å². The van der Waals surface area contributed by atoms with Crippen LogP contribution in [-0.2, 0) is 0 Å². The van der Waals surface area contributed by atoms with Gasteiger partial charge in [-0.2, -0.15) is 0 Å². The highest BCUT2D eigenvalue weighted by atomic mass is 15.1. The van der Waals surface area contributed by atoms with Gasteiger partial charge < -0.3 is 4.90 Å². The normalized spacial score (nSPS) is 11.7. The molecular weight excluding hydrogens is 771 g/mol. The standard InChI is InChI=1S/C63H45N/c1-40-49-16-4-7-19-52(49)55-22-10-13-25-58(55)61(40)43-28-34-46(35-29-43)64(47-36-30-44(31-37-47)62-41(2)50-17-5-8-20-53(50)56-23-11-14-26-59(56)62)48-38-32-45(33-39-48)63-42(3)51-18-6-9-21-54(51)57-24-12-15-27-60(57)63/h4-39H,1-3H3. The summed E-state index contributed by atoms with van der Waals surface area (Å²) in [7, 11) is 0. The molecule has 0 amide bonds. The molecule has 0 heterocycles. The van der Waals surface area contributed by atoms with Crippen LogP contribution in [0.25, 0.3) is 98.0 Å². The van der Waals surface area contributed by atoms with Gasteiger partial charge in [-0.05, 0) is 172 Å². The van der Waals surface area contributed by atoms with Gasteiger partial charge in [0.05, 0.1) is 0 Å². The van der Waals surface area contributed by atoms with Gasteiger partial charge in [-0.15, -0.1) is 0 Å². The minimum absolute atomic E-state index is 1.10. The molecule has 1 heteroatoms. The Morgan fingerprint density at radius 3 is 0.625 bits per heavy atom. The first-order valence-electron chi connectivity index (χ1n) is 22.3. The summed E-state index contributed by atoms with van der Waals surface area (Å²) in [6.07, 6.45) is 0. The molecule has 0 radical (unpaired) electrons. The number of fused-ring (bicyclic) bond motifs is 9. The second kappa shape index (κ2) is 15.1. The Balaban J connectivity index is 1.01. The molecular formula is C63H45N. The molecule has 12 aromatic rings. The van der Waals surface area contributed by atoms with Crippen molar-refractivity contribution in [1.82, 2.24) is 0 Å². The summed E-state index contributed by atoms with van der Waals surface area (Å²) < 4.78 is 0. The zero-order valence-electron chi connectivity index (χ0n) is 36.2. The molecule has 302 valence electrons. The van der Waals surface area contributed by atoms with Crippen LogP contribution in [0.5, 0.6) is 0 Å². The quantitative estimate of drug-likeness (QED) is 0.151. The van der Waals surface area contributed by atoms with Gasteiger partial charge in [0.2, 0.25) is 0 Å². The number of hydrogen-bond donors (Lipinski definition) is 0. The van der Waals surface area contributed by atoms with Crippen molar-refractivity contribution >= 4 is 81.7 Å². The predicted octanol–water partition coefficient (Wildman–Crippen LogP) is 18.0. The van der Waals surface area contributed by atoms with E-state index < -0.39 is 0 Å². The molecule has 0 spiro atoms. The Labute approximate surface area is 374 Å². The zero-order valence-corrected chi connectivity index (χ0v) is 36.2. The predicted molar refractivity (Wildman–Crippen MR) is 277 cm³/mol. The fraction of sp³-hybridized carbons (Fsp3) is 0.0476. The van der Waals surface area contributed by atoms with Gasteiger partial charge in [-0.25, -0.2) is 0 Å². The van der Waals surface area contributed by atoms with E-state index in [2.05, 4.69) is 244 Å². The first-order valence-corrected chi connectivity index (χ1v) is 22.3. The van der Waals surface area contributed by atoms with E-state index in [1.807, 2.05) is 0 Å². The second-order valence-corrected chi connectivity index (χ2v) is 17.2. The Kier molecular flexibility index (Phi) is 8.91. The molecule has 0 atom stereocenters. The Bertz CT molecular complexity index is 3380. The molecule has 0 fully saturated rings. The molecule has 0 saturated carbocycles. The lowest BCUT2D eigenvalue weighted by atomic mass is 9.88. The van der Waals surface area contributed by atoms with Crippen LogP contribution in [0, 0.1) is 20.8 Å². The molecule has 0 bridgehead atoms. The molecule has 12 aromatic carbocycles. The molecule has 0 aromatic heterocycles. The van der Waals surface area contributed by atoms with E-state index in [1.165, 1.54) is 115 Å². The maximum absolute atomic E-state index is 2.40. The van der Waals surface area contributed by atoms with Crippen LogP contribution in [0.1, 0.15) is 16.7 Å². The van der Waals surface area contributed by atoms with Crippen molar-refractivity contribution in [3.63, 3.8) is 0 Å². The molecule has 64 heavy (non-hydrogen) atoms. The maximum Gasteiger partial charge on any atom is 0.0462 e. The van der Waals surface area contributed by atoms with Crippen LogP contribution >= 0.6 is 0 Å². The number of benzene rings is 12. The van der Waals surface area contributed by atoms with E-state index in [9.17, 15) is 0 Å². The lowest BCUT2D eigenvalue weighted by Gasteiger charge is -2.27. The zero-order chi connectivity index (χ0) is 42.9. The summed E-state index contributed by atoms with van der Waals surface area (Å²) in [5.74, 6) is 0. The summed E-state index contributed by atoms with van der Waals surface area (Å²) in [4.78, 5) is 2.40. The molecule has 0 aliphatic carbocycles. The summed E-state index contributed by atoms with van der Waals surface area (Å²) in [5.41, 5.74) is 14.7. The second-order valence-electron chi connectivity index (χ2n) is 17.2. The summed E-state index contributed by atoms with van der Waals surface area (Å²) in [5, 5.41) is 15.5. The van der Waals surface area contributed by atoms with E-state index in [4.69, 9.17) is 0 Å². The number of anilines is 3. The van der Waals surface area contributed by atoms with Crippen molar-refractivity contribution in [3.8, 4) is 33.4 Å². The van der Waals surface area contributed by atoms with Crippen molar-refractivity contribution in [2.24, 2.45) is 0 Å². The Morgan fingerprint density at radius 1 is 0.203 bits per heavy atom. The molecule has 1 nitrogen and oxygen atoms in total. The Hall–Kier alpha value is -8.00. The molecule has 0 aliphatic heterocycles. The fourth-order valence-corrected chi connectivity index (χ4v) is 10.8. The van der Waals surface area contributed by atoms with Crippen LogP contribution in [0.4, 0.5) is 17.1 Å². The molecule has 0 aliphatic rings. The largest absolute Gasteiger partial charge is 0.311 e. The van der Waals surface area contributed by atoms with E-state index in [0.29, 0.717) is 0 Å². The first-order chi connectivity index (χ1) is 31.5. The maximum atomic E-state index is 2.40. The van der Waals surface area contributed by atoms with Crippen LogP contribution in [-0.4, -0.2) is 0 Å². The minimum atomic E-state index is 1.10. The molecule has 0 N–H and O–H groups in total. The number of hydrogen-bond acceptors (Lipinski definition) is 1. The third-order valence-electron chi connectivity index (χ3n) is 13.8. The topological polar surface area (TPSA) is 3.24 Å². The van der Waals surface area contributed by atoms with Gasteiger partial charge in [0.15, 0.2) is 0 Å². The van der Waals surface area contributed by atoms with E-state index in [1.54, 1.807) is 0 Å². The van der Waals surface area contributed by atoms with Crippen LogP contribution in [0.3, 0.4) is 0 Å².